The summed E-state index contributed by atoms with van der Waals surface area (Å²) in [4.78, 5) is 120. The number of amides is 6. The lowest BCUT2D eigenvalue weighted by Crippen LogP contribution is -2.62. The van der Waals surface area contributed by atoms with Crippen LogP contribution in [0.5, 0.6) is 0 Å². The van der Waals surface area contributed by atoms with Crippen LogP contribution in [0.2, 0.25) is 0 Å². The molecule has 1 aromatic heterocycles. The van der Waals surface area contributed by atoms with Gasteiger partial charge in [0.15, 0.2) is 0 Å². The summed E-state index contributed by atoms with van der Waals surface area (Å²) < 4.78 is 39.3. The number of benzene rings is 2. The molecular formula is C45H58F3N7O11. The van der Waals surface area contributed by atoms with E-state index in [1.54, 1.807) is 96.3 Å². The molecule has 66 heavy (non-hydrogen) atoms. The number of nitrogens with one attached hydrogen (secondary N) is 7. The first-order chi connectivity index (χ1) is 30.8. The van der Waals surface area contributed by atoms with Gasteiger partial charge in [0.2, 0.25) is 35.4 Å². The highest BCUT2D eigenvalue weighted by atomic mass is 19.4. The molecule has 0 bridgehead atoms. The number of hydrogen-bond donors (Lipinski definition) is 9. The number of carbonyl (C=O) groups is 9. The molecular weight excluding hydrogens is 872 g/mol. The van der Waals surface area contributed by atoms with Crippen LogP contribution >= 0.6 is 0 Å². The van der Waals surface area contributed by atoms with Crippen LogP contribution in [-0.4, -0.2) is 111 Å². The molecule has 6 amide bonds. The van der Waals surface area contributed by atoms with Gasteiger partial charge < -0.3 is 51.9 Å². The summed E-state index contributed by atoms with van der Waals surface area (Å²) >= 11 is 0. The summed E-state index contributed by atoms with van der Waals surface area (Å²) in [7, 11) is 0. The summed E-state index contributed by atoms with van der Waals surface area (Å²) in [6.45, 7) is 9.93. The summed E-state index contributed by atoms with van der Waals surface area (Å²) in [5.74, 6) is -8.94. The Hall–Kier alpha value is -6.80. The van der Waals surface area contributed by atoms with Gasteiger partial charge in [-0.1, -0.05) is 77.1 Å². The van der Waals surface area contributed by atoms with Gasteiger partial charge in [0.1, 0.15) is 36.5 Å². The number of fused-ring (bicyclic) bond motifs is 1. The number of alkyl halides is 3. The average Bonchev–Trinajstić information content (AvgIpc) is 3.62. The van der Waals surface area contributed by atoms with Crippen LogP contribution in [0.25, 0.3) is 10.9 Å². The maximum atomic E-state index is 14.5. The largest absolute Gasteiger partial charge is 0.481 e. The zero-order valence-electron chi connectivity index (χ0n) is 37.5. The summed E-state index contributed by atoms with van der Waals surface area (Å²) in [6, 6.07) is 4.34. The second kappa shape index (κ2) is 23.9. The molecule has 0 aliphatic carbocycles. The van der Waals surface area contributed by atoms with Crippen molar-refractivity contribution >= 4 is 64.6 Å². The number of carboxylic acids is 2. The van der Waals surface area contributed by atoms with E-state index in [1.807, 2.05) is 5.32 Å². The van der Waals surface area contributed by atoms with Crippen molar-refractivity contribution in [2.24, 2.45) is 11.3 Å². The first-order valence-electron chi connectivity index (χ1n) is 21.1. The molecule has 0 spiro atoms. The minimum atomic E-state index is -4.78. The number of carbonyl (C=O) groups excluding carboxylic acids is 7. The predicted octanol–water partition coefficient (Wildman–Crippen LogP) is 2.75. The van der Waals surface area contributed by atoms with Crippen molar-refractivity contribution in [3.8, 4) is 0 Å². The minimum absolute atomic E-state index is 0.0607. The quantitative estimate of drug-likeness (QED) is 0.0589. The lowest BCUT2D eigenvalue weighted by atomic mass is 9.85. The third-order valence-electron chi connectivity index (χ3n) is 10.3. The number of para-hydroxylation sites is 1. The molecule has 0 saturated heterocycles. The number of aromatic amines is 1. The van der Waals surface area contributed by atoms with Gasteiger partial charge in [-0.05, 0) is 47.4 Å². The smallest absolute Gasteiger partial charge is 0.391 e. The van der Waals surface area contributed by atoms with Crippen molar-refractivity contribution in [1.29, 1.82) is 0 Å². The molecule has 2 aromatic carbocycles. The van der Waals surface area contributed by atoms with Crippen molar-refractivity contribution in [3.05, 3.63) is 71.4 Å². The first-order valence-corrected chi connectivity index (χ1v) is 21.1. The number of hydrogen-bond acceptors (Lipinski definition) is 9. The summed E-state index contributed by atoms with van der Waals surface area (Å²) in [6.07, 6.45) is -7.47. The van der Waals surface area contributed by atoms with Crippen molar-refractivity contribution in [1.82, 2.24) is 36.9 Å². The van der Waals surface area contributed by atoms with Crippen LogP contribution in [0.15, 0.2) is 54.7 Å². The van der Waals surface area contributed by atoms with E-state index in [1.165, 1.54) is 0 Å². The molecule has 3 aromatic rings. The van der Waals surface area contributed by atoms with E-state index in [2.05, 4.69) is 31.6 Å². The third-order valence-corrected chi connectivity index (χ3v) is 10.3. The van der Waals surface area contributed by atoms with Crippen LogP contribution in [0.4, 0.5) is 13.2 Å². The second-order valence-corrected chi connectivity index (χ2v) is 17.5. The fourth-order valence-electron chi connectivity index (χ4n) is 6.96. The zero-order chi connectivity index (χ0) is 49.5. The van der Waals surface area contributed by atoms with Gasteiger partial charge in [-0.15, -0.1) is 0 Å². The maximum absolute atomic E-state index is 14.5. The fraction of sp³-hybridized carbons (Fsp3) is 0.489. The predicted molar refractivity (Wildman–Crippen MR) is 233 cm³/mol. The van der Waals surface area contributed by atoms with Crippen LogP contribution in [0, 0.1) is 18.3 Å². The molecule has 0 radical (unpaired) electrons. The highest BCUT2D eigenvalue weighted by Crippen LogP contribution is 2.24. The zero-order valence-corrected chi connectivity index (χ0v) is 37.5. The number of aromatic nitrogens is 1. The molecule has 21 heteroatoms. The number of aldehydes is 1. The maximum Gasteiger partial charge on any atom is 0.391 e. The third kappa shape index (κ3) is 17.3. The van der Waals surface area contributed by atoms with E-state index in [0.29, 0.717) is 22.0 Å². The van der Waals surface area contributed by atoms with E-state index in [9.17, 15) is 61.4 Å². The van der Waals surface area contributed by atoms with E-state index in [4.69, 9.17) is 5.11 Å². The number of H-pyrrole nitrogens is 1. The second-order valence-electron chi connectivity index (χ2n) is 17.5. The Kier molecular flexibility index (Phi) is 19.4. The molecule has 0 saturated carbocycles. The standard InChI is InChI=1S/C45H58F3N7O11/c1-24(2)17-31(39(62)50-28(23-56)21-45(46,47)48)54-43(66)38(44(4,5)6)55-42(65)32(18-26-12-8-7-11-25(26)3)52-40(63)33(19-27-22-49-30-14-10-9-13-29(27)30)53-41(64)34(20-37(60)61)51-35(57)15-16-36(58)59/h7-14,22-24,28,31-34,38,49H,15-21H2,1-6H3,(H,50,62)(H,51,57)(H,52,63)(H,53,64)(H,54,66)(H,55,65)(H,58,59)(H,60,61)/t28-,31-,32-,33+,34+,38+/m0/s1. The SMILES string of the molecule is Cc1ccccc1C[C@H](NC(=O)[C@@H](Cc1c[nH]c2ccccc12)NC(=O)[C@@H](CC(=O)O)NC(=O)CCC(=O)O)C(=O)N[C@H](C(=O)N[C@@H](CC(C)C)C(=O)N[C@H](C=O)CC(F)(F)F)C(C)(C)C. The Morgan fingerprint density at radius 3 is 1.77 bits per heavy atom. The average molecular weight is 930 g/mol. The van der Waals surface area contributed by atoms with Crippen molar-refractivity contribution in [3.63, 3.8) is 0 Å². The van der Waals surface area contributed by atoms with Gasteiger partial charge in [0.05, 0.1) is 25.3 Å². The monoisotopic (exact) mass is 929 g/mol. The number of halogens is 3. The Morgan fingerprint density at radius 1 is 0.667 bits per heavy atom. The van der Waals surface area contributed by atoms with Gasteiger partial charge in [-0.3, -0.25) is 38.4 Å². The van der Waals surface area contributed by atoms with E-state index in [0.717, 1.165) is 5.56 Å². The molecule has 0 aliphatic heterocycles. The topological polar surface area (TPSA) is 282 Å². The van der Waals surface area contributed by atoms with Crippen molar-refractivity contribution in [2.75, 3.05) is 0 Å². The number of rotatable bonds is 24. The van der Waals surface area contributed by atoms with Gasteiger partial charge in [0.25, 0.3) is 0 Å². The van der Waals surface area contributed by atoms with Gasteiger partial charge in [0, 0.05) is 36.4 Å². The lowest BCUT2D eigenvalue weighted by molar-refractivity contribution is -0.147. The van der Waals surface area contributed by atoms with Crippen molar-refractivity contribution < 1.29 is 66.5 Å². The van der Waals surface area contributed by atoms with Gasteiger partial charge >= 0.3 is 18.1 Å². The molecule has 360 valence electrons. The molecule has 3 rings (SSSR count). The number of carboxylic acid groups (broad SMARTS) is 2. The fourth-order valence-corrected chi connectivity index (χ4v) is 6.96. The number of aliphatic carboxylic acids is 2. The van der Waals surface area contributed by atoms with Crippen LogP contribution in [0.3, 0.4) is 0 Å². The highest BCUT2D eigenvalue weighted by molar-refractivity contribution is 5.98. The normalized spacial score (nSPS) is 14.4. The van der Waals surface area contributed by atoms with E-state index < -0.39 is 121 Å². The highest BCUT2D eigenvalue weighted by Gasteiger charge is 2.39. The molecule has 0 aliphatic rings. The molecule has 6 atom stereocenters. The molecule has 0 fully saturated rings. The molecule has 1 heterocycles. The molecule has 0 unspecified atom stereocenters. The minimum Gasteiger partial charge on any atom is -0.481 e. The Bertz CT molecular complexity index is 2240. The first kappa shape index (κ1) is 53.5. The molecule has 9 N–H and O–H groups in total. The van der Waals surface area contributed by atoms with Gasteiger partial charge in [-0.2, -0.15) is 13.2 Å². The Balaban J connectivity index is 2.02. The summed E-state index contributed by atoms with van der Waals surface area (Å²) in [5, 5.41) is 33.9. The van der Waals surface area contributed by atoms with Crippen LogP contribution in [-0.2, 0) is 56.0 Å². The van der Waals surface area contributed by atoms with Gasteiger partial charge in [-0.25, -0.2) is 0 Å². The van der Waals surface area contributed by atoms with Crippen molar-refractivity contribution in [2.45, 2.75) is 129 Å². The summed E-state index contributed by atoms with van der Waals surface area (Å²) in [5.41, 5.74) is 1.41. The van der Waals surface area contributed by atoms with E-state index in [-0.39, 0.29) is 31.5 Å². The Morgan fingerprint density at radius 2 is 1.21 bits per heavy atom. The van der Waals surface area contributed by atoms with Crippen LogP contribution in [0.1, 0.15) is 83.4 Å². The molecule has 18 nitrogen and oxygen atoms in total. The Labute approximate surface area is 379 Å². The lowest BCUT2D eigenvalue weighted by Gasteiger charge is -2.34. The van der Waals surface area contributed by atoms with E-state index >= 15 is 0 Å². The van der Waals surface area contributed by atoms with Crippen LogP contribution < -0.4 is 31.9 Å². The number of aryl methyl sites for hydroxylation is 1.